The zero-order valence-electron chi connectivity index (χ0n) is 32.3. The van der Waals surface area contributed by atoms with Crippen molar-refractivity contribution in [3.8, 4) is 39.1 Å². The summed E-state index contributed by atoms with van der Waals surface area (Å²) in [6, 6.07) is 39.4. The van der Waals surface area contributed by atoms with Gasteiger partial charge in [0, 0.05) is 5.54 Å². The molecule has 0 bridgehead atoms. The van der Waals surface area contributed by atoms with E-state index in [1.807, 2.05) is 6.08 Å². The smallest absolute Gasteiger partial charge is 0.122 e. The molecule has 0 fully saturated rings. The summed E-state index contributed by atoms with van der Waals surface area (Å²) < 4.78 is 6.67. The lowest BCUT2D eigenvalue weighted by molar-refractivity contribution is 0.354. The van der Waals surface area contributed by atoms with Crippen LogP contribution in [0.15, 0.2) is 116 Å². The van der Waals surface area contributed by atoms with Crippen LogP contribution in [0, 0.1) is 0 Å². The van der Waals surface area contributed by atoms with Gasteiger partial charge in [-0.25, -0.2) is 0 Å². The van der Waals surface area contributed by atoms with Gasteiger partial charge in [0.1, 0.15) is 12.4 Å². The molecule has 5 aromatic carbocycles. The number of fused-ring (bicyclic) bond motifs is 3. The van der Waals surface area contributed by atoms with Crippen LogP contribution in [0.3, 0.4) is 0 Å². The SMILES string of the molecule is C=CCOc1c(C(C)(C)C)cccc1[Si](C)(C)C1c2cc(-c3ccccc3C(C)(C)C)ccc2-c2ccc(-c3ccccc3C(C)(C)C)cc21. The maximum absolute atomic E-state index is 6.67. The maximum Gasteiger partial charge on any atom is 0.122 e. The van der Waals surface area contributed by atoms with E-state index < -0.39 is 8.07 Å². The van der Waals surface area contributed by atoms with Gasteiger partial charge in [-0.05, 0) is 82.6 Å². The third-order valence-corrected chi connectivity index (χ3v) is 14.5. The lowest BCUT2D eigenvalue weighted by Gasteiger charge is -2.36. The largest absolute Gasteiger partial charge is 0.489 e. The number of hydrogen-bond acceptors (Lipinski definition) is 1. The van der Waals surface area contributed by atoms with E-state index in [1.54, 1.807) is 0 Å². The highest BCUT2D eigenvalue weighted by atomic mass is 28.3. The first kappa shape index (κ1) is 35.7. The van der Waals surface area contributed by atoms with Crippen LogP contribution in [0.5, 0.6) is 5.75 Å². The van der Waals surface area contributed by atoms with Gasteiger partial charge >= 0.3 is 0 Å². The molecule has 6 rings (SSSR count). The Hall–Kier alpha value is -4.14. The molecule has 0 saturated carbocycles. The van der Waals surface area contributed by atoms with E-state index in [0.717, 1.165) is 5.75 Å². The summed E-state index contributed by atoms with van der Waals surface area (Å²) in [6.45, 7) is 30.4. The molecule has 0 atom stereocenters. The Bertz CT molecular complexity index is 1950. The Balaban J connectivity index is 1.63. The van der Waals surface area contributed by atoms with Gasteiger partial charge in [-0.3, -0.25) is 0 Å². The van der Waals surface area contributed by atoms with E-state index in [0.29, 0.717) is 6.61 Å². The number of hydrogen-bond donors (Lipinski definition) is 0. The number of benzene rings is 5. The Morgan fingerprint density at radius 2 is 1.00 bits per heavy atom. The highest BCUT2D eigenvalue weighted by molar-refractivity contribution is 6.92. The number of ether oxygens (including phenoxy) is 1. The van der Waals surface area contributed by atoms with Gasteiger partial charge in [0.15, 0.2) is 0 Å². The van der Waals surface area contributed by atoms with Crippen molar-refractivity contribution in [3.63, 3.8) is 0 Å². The van der Waals surface area contributed by atoms with Crippen molar-refractivity contribution >= 4 is 13.3 Å². The Kier molecular flexibility index (Phi) is 9.19. The fraction of sp³-hybridized carbons (Fsp3) is 0.333. The minimum absolute atomic E-state index is 0.0339. The molecule has 1 aliphatic rings. The van der Waals surface area contributed by atoms with Crippen LogP contribution in [0.1, 0.15) is 95.7 Å². The molecule has 258 valence electrons. The molecule has 1 aliphatic carbocycles. The van der Waals surface area contributed by atoms with Gasteiger partial charge in [0.2, 0.25) is 0 Å². The summed E-state index contributed by atoms with van der Waals surface area (Å²) >= 11 is 0. The fourth-order valence-corrected chi connectivity index (χ4v) is 11.9. The van der Waals surface area contributed by atoms with Gasteiger partial charge in [0.25, 0.3) is 0 Å². The Morgan fingerprint density at radius 1 is 0.560 bits per heavy atom. The molecule has 0 unspecified atom stereocenters. The second kappa shape index (κ2) is 12.9. The maximum atomic E-state index is 6.67. The molecule has 0 saturated heterocycles. The fourth-order valence-electron chi connectivity index (χ4n) is 8.24. The van der Waals surface area contributed by atoms with Gasteiger partial charge in [-0.15, -0.1) is 0 Å². The van der Waals surface area contributed by atoms with E-state index >= 15 is 0 Å². The summed E-state index contributed by atoms with van der Waals surface area (Å²) in [5.74, 6) is 1.05. The second-order valence-electron chi connectivity index (χ2n) is 17.9. The molecule has 0 N–H and O–H groups in total. The number of para-hydroxylation sites is 1. The minimum Gasteiger partial charge on any atom is -0.489 e. The molecule has 0 aliphatic heterocycles. The summed E-state index contributed by atoms with van der Waals surface area (Å²) in [7, 11) is -2.36. The van der Waals surface area contributed by atoms with Crippen molar-refractivity contribution in [3.05, 3.63) is 144 Å². The molecule has 0 radical (unpaired) electrons. The highest BCUT2D eigenvalue weighted by Crippen LogP contribution is 2.52. The van der Waals surface area contributed by atoms with Crippen LogP contribution in [0.4, 0.5) is 0 Å². The molecular weight excluding hydrogens is 621 g/mol. The van der Waals surface area contributed by atoms with Crippen molar-refractivity contribution in [1.29, 1.82) is 0 Å². The van der Waals surface area contributed by atoms with Gasteiger partial charge in [-0.1, -0.05) is 191 Å². The normalized spacial score (nSPS) is 13.6. The molecule has 1 nitrogen and oxygen atoms in total. The van der Waals surface area contributed by atoms with Crippen molar-refractivity contribution < 1.29 is 4.74 Å². The quantitative estimate of drug-likeness (QED) is 0.123. The molecule has 50 heavy (non-hydrogen) atoms. The summed E-state index contributed by atoms with van der Waals surface area (Å²) in [5, 5.41) is 1.37. The van der Waals surface area contributed by atoms with Crippen molar-refractivity contribution in [1.82, 2.24) is 0 Å². The first-order chi connectivity index (χ1) is 23.4. The van der Waals surface area contributed by atoms with Crippen molar-refractivity contribution in [2.75, 3.05) is 6.61 Å². The third kappa shape index (κ3) is 6.44. The lowest BCUT2D eigenvalue weighted by Crippen LogP contribution is -2.49. The first-order valence-electron chi connectivity index (χ1n) is 18.3. The predicted molar refractivity (Wildman–Crippen MR) is 220 cm³/mol. The van der Waals surface area contributed by atoms with Crippen LogP contribution < -0.4 is 9.92 Å². The first-order valence-corrected chi connectivity index (χ1v) is 21.4. The van der Waals surface area contributed by atoms with E-state index in [1.165, 1.54) is 66.4 Å². The van der Waals surface area contributed by atoms with E-state index in [2.05, 4.69) is 185 Å². The van der Waals surface area contributed by atoms with Gasteiger partial charge in [-0.2, -0.15) is 0 Å². The van der Waals surface area contributed by atoms with Crippen LogP contribution in [-0.4, -0.2) is 14.7 Å². The standard InChI is InChI=1S/C48H56OSi/c1-13-29-49-44-42(48(8,9)10)23-18-24-43(44)50(11,12)45-38-30-32(34-19-14-16-21-40(34)46(2,3)4)25-27-36(38)37-28-26-33(31-39(37)45)35-20-15-17-22-41(35)47(5,6)7/h13-28,30-31,45H,1,29H2,2-12H3. The van der Waals surface area contributed by atoms with Crippen molar-refractivity contribution in [2.24, 2.45) is 0 Å². The molecule has 0 amide bonds. The average Bonchev–Trinajstić information content (AvgIpc) is 3.39. The highest BCUT2D eigenvalue weighted by Gasteiger charge is 2.45. The molecular formula is C48H56OSi. The van der Waals surface area contributed by atoms with Crippen LogP contribution in [0.25, 0.3) is 33.4 Å². The van der Waals surface area contributed by atoms with E-state index in [-0.39, 0.29) is 21.8 Å². The Morgan fingerprint density at radius 3 is 1.44 bits per heavy atom. The summed E-state index contributed by atoms with van der Waals surface area (Å²) in [4.78, 5) is 0. The average molecular weight is 677 g/mol. The van der Waals surface area contributed by atoms with E-state index in [9.17, 15) is 0 Å². The molecule has 2 heteroatoms. The Labute approximate surface area is 303 Å². The third-order valence-electron chi connectivity index (χ3n) is 10.7. The zero-order valence-corrected chi connectivity index (χ0v) is 33.3. The lowest BCUT2D eigenvalue weighted by atomic mass is 9.81. The van der Waals surface area contributed by atoms with Crippen molar-refractivity contribution in [2.45, 2.75) is 97.2 Å². The number of rotatable bonds is 7. The topological polar surface area (TPSA) is 9.23 Å². The van der Waals surface area contributed by atoms with Gasteiger partial charge in [0.05, 0.1) is 8.07 Å². The monoisotopic (exact) mass is 676 g/mol. The summed E-state index contributed by atoms with van der Waals surface area (Å²) in [6.07, 6.45) is 1.87. The summed E-state index contributed by atoms with van der Waals surface area (Å²) in [5.41, 5.74) is 15.1. The van der Waals surface area contributed by atoms with Gasteiger partial charge < -0.3 is 4.74 Å². The molecule has 5 aromatic rings. The molecule has 0 spiro atoms. The van der Waals surface area contributed by atoms with Crippen LogP contribution in [-0.2, 0) is 16.2 Å². The molecule has 0 heterocycles. The second-order valence-corrected chi connectivity index (χ2v) is 22.4. The predicted octanol–water partition coefficient (Wildman–Crippen LogP) is 12.7. The molecule has 0 aromatic heterocycles. The zero-order chi connectivity index (χ0) is 36.2. The van der Waals surface area contributed by atoms with E-state index in [4.69, 9.17) is 4.74 Å². The van der Waals surface area contributed by atoms with Crippen LogP contribution in [0.2, 0.25) is 13.1 Å². The minimum atomic E-state index is -2.36. The van der Waals surface area contributed by atoms with Crippen LogP contribution >= 0.6 is 0 Å².